The van der Waals surface area contributed by atoms with Gasteiger partial charge in [0.1, 0.15) is 5.75 Å². The van der Waals surface area contributed by atoms with Gasteiger partial charge in [-0.1, -0.05) is 29.3 Å². The van der Waals surface area contributed by atoms with Gasteiger partial charge in [0.2, 0.25) is 5.91 Å². The van der Waals surface area contributed by atoms with Crippen LogP contribution in [0.4, 0.5) is 5.69 Å². The van der Waals surface area contributed by atoms with Crippen LogP contribution < -0.4 is 10.1 Å². The van der Waals surface area contributed by atoms with E-state index in [9.17, 15) is 4.79 Å². The van der Waals surface area contributed by atoms with Crippen LogP contribution in [0.15, 0.2) is 42.5 Å². The molecular formula is C17H15Cl2NO2. The van der Waals surface area contributed by atoms with E-state index in [1.807, 2.05) is 30.3 Å². The standard InChI is InChI=1S/C17H15Cl2NO2/c1-22-14-4-2-3-13(8-14)20-17(21)16-9-15(16)10-5-11(18)7-12(19)6-10/h2-8,15-16H,9H2,1H3,(H,20,21)/t15-,16+/m1/s1. The van der Waals surface area contributed by atoms with E-state index in [4.69, 9.17) is 27.9 Å². The zero-order valence-corrected chi connectivity index (χ0v) is 13.5. The second kappa shape index (κ2) is 6.19. The van der Waals surface area contributed by atoms with Gasteiger partial charge in [0.15, 0.2) is 0 Å². The SMILES string of the molecule is COc1cccc(NC(=O)[C@H]2C[C@@H]2c2cc(Cl)cc(Cl)c2)c1. The predicted molar refractivity (Wildman–Crippen MR) is 88.9 cm³/mol. The van der Waals surface area contributed by atoms with Crippen molar-refractivity contribution in [2.24, 2.45) is 5.92 Å². The molecule has 0 heterocycles. The lowest BCUT2D eigenvalue weighted by Crippen LogP contribution is -2.14. The smallest absolute Gasteiger partial charge is 0.228 e. The van der Waals surface area contributed by atoms with Crippen molar-refractivity contribution in [1.29, 1.82) is 0 Å². The third-order valence-corrected chi connectivity index (χ3v) is 4.21. The molecule has 2 aromatic rings. The first-order valence-corrected chi connectivity index (χ1v) is 7.73. The Morgan fingerprint density at radius 3 is 2.59 bits per heavy atom. The van der Waals surface area contributed by atoms with Crippen LogP contribution in [0.3, 0.4) is 0 Å². The molecule has 0 aromatic heterocycles. The van der Waals surface area contributed by atoms with Crippen LogP contribution in [-0.2, 0) is 4.79 Å². The molecule has 0 aliphatic heterocycles. The summed E-state index contributed by atoms with van der Waals surface area (Å²) in [5.74, 6) is 0.865. The zero-order valence-electron chi connectivity index (χ0n) is 12.0. The summed E-state index contributed by atoms with van der Waals surface area (Å²) in [5, 5.41) is 4.12. The Morgan fingerprint density at radius 2 is 1.91 bits per heavy atom. The molecule has 3 nitrogen and oxygen atoms in total. The second-order valence-electron chi connectivity index (χ2n) is 5.37. The van der Waals surface area contributed by atoms with Crippen molar-refractivity contribution in [3.8, 4) is 5.75 Å². The molecule has 1 aliphatic carbocycles. The van der Waals surface area contributed by atoms with Gasteiger partial charge >= 0.3 is 0 Å². The summed E-state index contributed by atoms with van der Waals surface area (Å²) in [5.41, 5.74) is 1.75. The van der Waals surface area contributed by atoms with Crippen LogP contribution in [0.1, 0.15) is 17.9 Å². The maximum atomic E-state index is 12.3. The zero-order chi connectivity index (χ0) is 15.7. The largest absolute Gasteiger partial charge is 0.497 e. The van der Waals surface area contributed by atoms with E-state index in [0.29, 0.717) is 15.8 Å². The number of nitrogens with one attached hydrogen (secondary N) is 1. The van der Waals surface area contributed by atoms with Crippen LogP contribution in [0.25, 0.3) is 0 Å². The van der Waals surface area contributed by atoms with E-state index in [2.05, 4.69) is 5.32 Å². The number of methoxy groups -OCH3 is 1. The Hall–Kier alpha value is -1.71. The number of anilines is 1. The number of carbonyl (C=O) groups is 1. The molecule has 0 unspecified atom stereocenters. The third-order valence-electron chi connectivity index (χ3n) is 3.78. The van der Waals surface area contributed by atoms with E-state index in [1.54, 1.807) is 19.2 Å². The van der Waals surface area contributed by atoms with Crippen LogP contribution in [0, 0.1) is 5.92 Å². The molecule has 0 spiro atoms. The molecule has 0 bridgehead atoms. The number of hydrogen-bond donors (Lipinski definition) is 1. The average Bonchev–Trinajstić information content (AvgIpc) is 3.27. The first kappa shape index (κ1) is 15.2. The van der Waals surface area contributed by atoms with Crippen molar-refractivity contribution in [3.05, 3.63) is 58.1 Å². The number of ether oxygens (including phenoxy) is 1. The molecule has 1 fully saturated rings. The highest BCUT2D eigenvalue weighted by atomic mass is 35.5. The Labute approximate surface area is 139 Å². The first-order valence-electron chi connectivity index (χ1n) is 6.98. The Bertz CT molecular complexity index is 697. The van der Waals surface area contributed by atoms with Gasteiger partial charge in [-0.25, -0.2) is 0 Å². The molecule has 1 N–H and O–H groups in total. The minimum Gasteiger partial charge on any atom is -0.497 e. The predicted octanol–water partition coefficient (Wildman–Crippen LogP) is 4.74. The molecule has 2 aromatic carbocycles. The van der Waals surface area contributed by atoms with Gasteiger partial charge in [-0.2, -0.15) is 0 Å². The maximum absolute atomic E-state index is 12.3. The highest BCUT2D eigenvalue weighted by molar-refractivity contribution is 6.34. The molecule has 1 saturated carbocycles. The Kier molecular flexibility index (Phi) is 4.27. The topological polar surface area (TPSA) is 38.3 Å². The van der Waals surface area contributed by atoms with Gasteiger partial charge in [0.25, 0.3) is 0 Å². The minimum atomic E-state index is -0.0410. The van der Waals surface area contributed by atoms with Gasteiger partial charge in [-0.05, 0) is 48.2 Å². The Morgan fingerprint density at radius 1 is 1.18 bits per heavy atom. The van der Waals surface area contributed by atoms with E-state index in [-0.39, 0.29) is 17.7 Å². The molecule has 5 heteroatoms. The summed E-state index contributed by atoms with van der Waals surface area (Å²) in [7, 11) is 1.60. The number of carbonyl (C=O) groups excluding carboxylic acids is 1. The van der Waals surface area contributed by atoms with E-state index in [1.165, 1.54) is 0 Å². The van der Waals surface area contributed by atoms with Gasteiger partial charge in [-0.3, -0.25) is 4.79 Å². The van der Waals surface area contributed by atoms with E-state index >= 15 is 0 Å². The Balaban J connectivity index is 1.67. The van der Waals surface area contributed by atoms with Crippen LogP contribution in [0.5, 0.6) is 5.75 Å². The molecule has 22 heavy (non-hydrogen) atoms. The fraction of sp³-hybridized carbons (Fsp3) is 0.235. The summed E-state index contributed by atoms with van der Waals surface area (Å²) >= 11 is 12.0. The van der Waals surface area contributed by atoms with Gasteiger partial charge in [0, 0.05) is 27.7 Å². The second-order valence-corrected chi connectivity index (χ2v) is 6.25. The summed E-state index contributed by atoms with van der Waals surface area (Å²) in [4.78, 5) is 12.3. The quantitative estimate of drug-likeness (QED) is 0.875. The van der Waals surface area contributed by atoms with Crippen molar-refractivity contribution in [2.75, 3.05) is 12.4 Å². The molecule has 0 radical (unpaired) electrons. The van der Waals surface area contributed by atoms with Crippen molar-refractivity contribution >= 4 is 34.8 Å². The lowest BCUT2D eigenvalue weighted by atomic mass is 10.1. The lowest BCUT2D eigenvalue weighted by Gasteiger charge is -2.07. The summed E-state index contributed by atoms with van der Waals surface area (Å²) in [6.45, 7) is 0. The number of benzene rings is 2. The van der Waals surface area contributed by atoms with Gasteiger partial charge in [0.05, 0.1) is 7.11 Å². The summed E-state index contributed by atoms with van der Waals surface area (Å²) < 4.78 is 5.15. The van der Waals surface area contributed by atoms with Crippen molar-refractivity contribution in [2.45, 2.75) is 12.3 Å². The van der Waals surface area contributed by atoms with Crippen LogP contribution in [-0.4, -0.2) is 13.0 Å². The van der Waals surface area contributed by atoms with Crippen molar-refractivity contribution in [3.63, 3.8) is 0 Å². The molecule has 114 valence electrons. The molecule has 2 atom stereocenters. The number of rotatable bonds is 4. The molecule has 3 rings (SSSR count). The van der Waals surface area contributed by atoms with Crippen LogP contribution >= 0.6 is 23.2 Å². The van der Waals surface area contributed by atoms with E-state index < -0.39 is 0 Å². The van der Waals surface area contributed by atoms with Crippen molar-refractivity contribution in [1.82, 2.24) is 0 Å². The number of amides is 1. The molecule has 1 amide bonds. The first-order chi connectivity index (χ1) is 10.6. The van der Waals surface area contributed by atoms with Gasteiger partial charge in [-0.15, -0.1) is 0 Å². The van der Waals surface area contributed by atoms with Gasteiger partial charge < -0.3 is 10.1 Å². The highest BCUT2D eigenvalue weighted by Crippen LogP contribution is 2.49. The average molecular weight is 336 g/mol. The van der Waals surface area contributed by atoms with Crippen LogP contribution in [0.2, 0.25) is 10.0 Å². The van der Waals surface area contributed by atoms with Crippen molar-refractivity contribution < 1.29 is 9.53 Å². The summed E-state index contributed by atoms with van der Waals surface area (Å²) in [6, 6.07) is 12.8. The monoisotopic (exact) mass is 335 g/mol. The summed E-state index contributed by atoms with van der Waals surface area (Å²) in [6.07, 6.45) is 0.812. The minimum absolute atomic E-state index is 0.00866. The van der Waals surface area contributed by atoms with E-state index in [0.717, 1.165) is 17.7 Å². The fourth-order valence-corrected chi connectivity index (χ4v) is 3.12. The molecular weight excluding hydrogens is 321 g/mol. The normalized spacial score (nSPS) is 19.6. The fourth-order valence-electron chi connectivity index (χ4n) is 2.58. The highest BCUT2D eigenvalue weighted by Gasteiger charge is 2.44. The maximum Gasteiger partial charge on any atom is 0.228 e. The number of halogens is 2. The lowest BCUT2D eigenvalue weighted by molar-refractivity contribution is -0.117. The third kappa shape index (κ3) is 3.37. The number of hydrogen-bond acceptors (Lipinski definition) is 2. The molecule has 0 saturated heterocycles. The molecule has 1 aliphatic rings.